The molecule has 0 radical (unpaired) electrons. The smallest absolute Gasteiger partial charge is 0.462 e. The molecule has 3 N–H and O–H groups in total. The summed E-state index contributed by atoms with van der Waals surface area (Å²) in [5.41, 5.74) is 0. The first-order valence-electron chi connectivity index (χ1n) is 39.1. The first-order chi connectivity index (χ1) is 45.5. The molecule has 94 heavy (non-hydrogen) atoms. The van der Waals surface area contributed by atoms with Gasteiger partial charge in [-0.3, -0.25) is 37.3 Å². The molecular weight excluding hydrogens is 1230 g/mol. The lowest BCUT2D eigenvalue weighted by atomic mass is 10.0. The van der Waals surface area contributed by atoms with E-state index in [2.05, 4.69) is 34.6 Å². The summed E-state index contributed by atoms with van der Waals surface area (Å²) in [6, 6.07) is 0. The van der Waals surface area contributed by atoms with Gasteiger partial charge in [-0.1, -0.05) is 343 Å². The number of carbonyl (C=O) groups is 4. The quantitative estimate of drug-likeness (QED) is 0.0222. The van der Waals surface area contributed by atoms with Crippen LogP contribution in [0.1, 0.15) is 394 Å². The van der Waals surface area contributed by atoms with Crippen molar-refractivity contribution in [1.82, 2.24) is 0 Å². The van der Waals surface area contributed by atoms with Crippen LogP contribution in [0.25, 0.3) is 0 Å². The Morgan fingerprint density at radius 2 is 0.489 bits per heavy atom. The normalized spacial score (nSPS) is 14.0. The fraction of sp³-hybridized carbons (Fsp3) is 0.947. The fourth-order valence-corrected chi connectivity index (χ4v) is 13.1. The molecule has 0 heterocycles. The molecule has 0 fully saturated rings. The predicted molar refractivity (Wildman–Crippen MR) is 382 cm³/mol. The van der Waals surface area contributed by atoms with Gasteiger partial charge in [0.1, 0.15) is 19.3 Å². The summed E-state index contributed by atoms with van der Waals surface area (Å²) >= 11 is 0. The molecule has 0 amide bonds. The van der Waals surface area contributed by atoms with Gasteiger partial charge in [0.25, 0.3) is 0 Å². The van der Waals surface area contributed by atoms with Crippen LogP contribution in [-0.4, -0.2) is 96.7 Å². The monoisotopic (exact) mass is 1380 g/mol. The average Bonchev–Trinajstić information content (AvgIpc) is 3.75. The van der Waals surface area contributed by atoms with E-state index in [1.807, 2.05) is 0 Å². The van der Waals surface area contributed by atoms with Crippen LogP contribution in [-0.2, 0) is 65.4 Å². The van der Waals surface area contributed by atoms with Crippen molar-refractivity contribution in [3.8, 4) is 0 Å². The SMILES string of the molecule is CCCCCCCCCCCCCCCCCCCCCCCC(=O)O[C@H](COC(=O)CCCCCCCCCCCCCCCC(C)C)COP(=O)(O)OC[C@@H](O)COP(=O)(O)OC[C@@H](COC(=O)CCCCCCCCC)OC(=O)CCCCCCCCCCCC. The maximum absolute atomic E-state index is 13.1. The molecule has 0 aliphatic rings. The van der Waals surface area contributed by atoms with E-state index in [4.69, 9.17) is 37.0 Å². The molecule has 2 unspecified atom stereocenters. The Balaban J connectivity index is 5.15. The Bertz CT molecular complexity index is 1810. The molecule has 0 saturated carbocycles. The second-order valence-electron chi connectivity index (χ2n) is 27.5. The van der Waals surface area contributed by atoms with Gasteiger partial charge < -0.3 is 33.8 Å². The zero-order valence-electron chi connectivity index (χ0n) is 61.1. The fourth-order valence-electron chi connectivity index (χ4n) is 11.5. The molecular formula is C75H146O17P2. The summed E-state index contributed by atoms with van der Waals surface area (Å²) < 4.78 is 68.3. The molecule has 0 aliphatic heterocycles. The summed E-state index contributed by atoms with van der Waals surface area (Å²) in [6.45, 7) is 7.25. The number of hydrogen-bond acceptors (Lipinski definition) is 15. The van der Waals surface area contributed by atoms with Crippen molar-refractivity contribution in [2.75, 3.05) is 39.6 Å². The standard InChI is InChI=1S/C75H146O17P2/c1-6-9-12-15-18-20-22-23-24-25-26-27-28-29-30-33-37-41-46-51-56-61-75(80)92-71(65-86-73(78)59-54-49-44-40-36-34-31-32-35-38-43-47-52-57-68(4)5)67-90-94(83,84)88-63-69(76)62-87-93(81,82)89-66-70(64-85-72(77)58-53-48-42-17-14-11-8-3)91-74(79)60-55-50-45-39-21-19-16-13-10-7-2/h68-71,76H,6-67H2,1-5H3,(H,81,82)(H,83,84)/t69-,70+,71+/m0/s1. The highest BCUT2D eigenvalue weighted by atomic mass is 31.2. The van der Waals surface area contributed by atoms with Crippen molar-refractivity contribution < 1.29 is 80.2 Å². The van der Waals surface area contributed by atoms with Crippen LogP contribution in [0.2, 0.25) is 0 Å². The van der Waals surface area contributed by atoms with Crippen LogP contribution in [0.15, 0.2) is 0 Å². The van der Waals surface area contributed by atoms with Gasteiger partial charge in [-0.15, -0.1) is 0 Å². The van der Waals surface area contributed by atoms with Gasteiger partial charge in [0, 0.05) is 25.7 Å². The minimum Gasteiger partial charge on any atom is -0.462 e. The maximum Gasteiger partial charge on any atom is 0.472 e. The molecule has 19 heteroatoms. The number of aliphatic hydroxyl groups is 1. The number of ether oxygens (including phenoxy) is 4. The highest BCUT2D eigenvalue weighted by molar-refractivity contribution is 7.47. The maximum atomic E-state index is 13.1. The van der Waals surface area contributed by atoms with Gasteiger partial charge >= 0.3 is 39.5 Å². The van der Waals surface area contributed by atoms with Crippen LogP contribution in [0, 0.1) is 5.92 Å². The number of phosphoric acid groups is 2. The third-order valence-corrected chi connectivity index (χ3v) is 19.4. The van der Waals surface area contributed by atoms with Gasteiger partial charge in [0.15, 0.2) is 12.2 Å². The molecule has 0 aromatic carbocycles. The molecule has 0 aromatic rings. The van der Waals surface area contributed by atoms with Crippen molar-refractivity contribution in [3.05, 3.63) is 0 Å². The first kappa shape index (κ1) is 92.1. The topological polar surface area (TPSA) is 237 Å². The largest absolute Gasteiger partial charge is 0.472 e. The predicted octanol–water partition coefficient (Wildman–Crippen LogP) is 22.1. The minimum absolute atomic E-state index is 0.106. The summed E-state index contributed by atoms with van der Waals surface area (Å²) in [5.74, 6) is -1.33. The summed E-state index contributed by atoms with van der Waals surface area (Å²) in [5, 5.41) is 10.6. The van der Waals surface area contributed by atoms with Gasteiger partial charge in [-0.25, -0.2) is 9.13 Å². The molecule has 0 aromatic heterocycles. The van der Waals surface area contributed by atoms with Crippen molar-refractivity contribution in [3.63, 3.8) is 0 Å². The Morgan fingerprint density at radius 3 is 0.723 bits per heavy atom. The van der Waals surface area contributed by atoms with Crippen molar-refractivity contribution >= 4 is 39.5 Å². The number of carbonyl (C=O) groups excluding carboxylic acids is 4. The van der Waals surface area contributed by atoms with Crippen molar-refractivity contribution in [2.24, 2.45) is 5.92 Å². The summed E-state index contributed by atoms with van der Waals surface area (Å²) in [4.78, 5) is 72.5. The number of unbranched alkanes of at least 4 members (excludes halogenated alkanes) is 47. The van der Waals surface area contributed by atoms with Gasteiger partial charge in [0.2, 0.25) is 0 Å². The number of esters is 4. The number of phosphoric ester groups is 2. The van der Waals surface area contributed by atoms with Gasteiger partial charge in [-0.2, -0.15) is 0 Å². The zero-order chi connectivity index (χ0) is 69.1. The summed E-state index contributed by atoms with van der Waals surface area (Å²) in [7, 11) is -9.90. The van der Waals surface area contributed by atoms with E-state index >= 15 is 0 Å². The highest BCUT2D eigenvalue weighted by Gasteiger charge is 2.30. The lowest BCUT2D eigenvalue weighted by Crippen LogP contribution is -2.30. The second kappa shape index (κ2) is 68.2. The highest BCUT2D eigenvalue weighted by Crippen LogP contribution is 2.45. The molecule has 0 aliphatic carbocycles. The minimum atomic E-state index is -4.95. The van der Waals surface area contributed by atoms with E-state index in [0.29, 0.717) is 25.7 Å². The number of aliphatic hydroxyl groups excluding tert-OH is 1. The van der Waals surface area contributed by atoms with Crippen LogP contribution < -0.4 is 0 Å². The van der Waals surface area contributed by atoms with E-state index < -0.39 is 97.5 Å². The Kier molecular flexibility index (Phi) is 66.8. The third-order valence-electron chi connectivity index (χ3n) is 17.5. The van der Waals surface area contributed by atoms with E-state index in [1.165, 1.54) is 205 Å². The van der Waals surface area contributed by atoms with Crippen LogP contribution >= 0.6 is 15.6 Å². The van der Waals surface area contributed by atoms with Crippen LogP contribution in [0.5, 0.6) is 0 Å². The molecule has 558 valence electrons. The first-order valence-corrected chi connectivity index (χ1v) is 42.1. The lowest BCUT2D eigenvalue weighted by molar-refractivity contribution is -0.161. The van der Waals surface area contributed by atoms with Crippen LogP contribution in [0.3, 0.4) is 0 Å². The molecule has 5 atom stereocenters. The van der Waals surface area contributed by atoms with E-state index in [9.17, 15) is 43.2 Å². The van der Waals surface area contributed by atoms with Gasteiger partial charge in [0.05, 0.1) is 26.4 Å². The van der Waals surface area contributed by atoms with Crippen LogP contribution in [0.4, 0.5) is 0 Å². The van der Waals surface area contributed by atoms with E-state index in [1.54, 1.807) is 0 Å². The Morgan fingerprint density at radius 1 is 0.287 bits per heavy atom. The van der Waals surface area contributed by atoms with Gasteiger partial charge in [-0.05, 0) is 31.6 Å². The molecule has 0 spiro atoms. The average molecular weight is 1380 g/mol. The number of hydrogen-bond donors (Lipinski definition) is 3. The molecule has 0 saturated heterocycles. The number of rotatable bonds is 75. The zero-order valence-corrected chi connectivity index (χ0v) is 62.9. The molecule has 0 rings (SSSR count). The third kappa shape index (κ3) is 68.6. The molecule has 17 nitrogen and oxygen atoms in total. The van der Waals surface area contributed by atoms with E-state index in [0.717, 1.165) is 109 Å². The second-order valence-corrected chi connectivity index (χ2v) is 30.4. The molecule has 0 bridgehead atoms. The van der Waals surface area contributed by atoms with Crippen molar-refractivity contribution in [2.45, 2.75) is 412 Å². The summed E-state index contributed by atoms with van der Waals surface area (Å²) in [6.07, 6.45) is 57.1. The lowest BCUT2D eigenvalue weighted by Gasteiger charge is -2.21. The van der Waals surface area contributed by atoms with E-state index in [-0.39, 0.29) is 25.7 Å². The van der Waals surface area contributed by atoms with Crippen molar-refractivity contribution in [1.29, 1.82) is 0 Å². The Hall–Kier alpha value is -1.94. The Labute approximate surface area is 575 Å².